The van der Waals surface area contributed by atoms with Gasteiger partial charge in [0.2, 0.25) is 0 Å². The fourth-order valence-electron chi connectivity index (χ4n) is 2.13. The van der Waals surface area contributed by atoms with E-state index in [4.69, 9.17) is 9.47 Å². The van der Waals surface area contributed by atoms with Gasteiger partial charge >= 0.3 is 11.9 Å². The van der Waals surface area contributed by atoms with Crippen LogP contribution in [0, 0.1) is 22.7 Å². The third kappa shape index (κ3) is 9.97. The lowest BCUT2D eigenvalue weighted by molar-refractivity contribution is -0.140. The molecule has 0 aliphatic carbocycles. The lowest BCUT2D eigenvalue weighted by Crippen LogP contribution is -2.24. The topological polar surface area (TPSA) is 125 Å². The van der Waals surface area contributed by atoms with E-state index in [1.54, 1.807) is 13.8 Å². The van der Waals surface area contributed by atoms with E-state index >= 15 is 0 Å². The van der Waals surface area contributed by atoms with Crippen LogP contribution in [0.1, 0.15) is 66.2 Å². The molecule has 0 aliphatic heterocycles. The van der Waals surface area contributed by atoms with Crippen LogP contribution in [0.4, 0.5) is 0 Å². The maximum atomic E-state index is 11.6. The summed E-state index contributed by atoms with van der Waals surface area (Å²) in [5, 5.41) is 27.1. The van der Waals surface area contributed by atoms with E-state index in [-0.39, 0.29) is 13.2 Å². The molecule has 0 aromatic carbocycles. The number of ether oxygens (including phenoxy) is 2. The van der Waals surface area contributed by atoms with Gasteiger partial charge < -0.3 is 9.47 Å². The molecule has 0 N–H and O–H groups in total. The normalized spacial score (nSPS) is 14.6. The largest absolute Gasteiger partial charge is 0.462 e. The predicted octanol–water partition coefficient (Wildman–Crippen LogP) is 4.58. The number of azo groups is 1. The molecule has 164 valence electrons. The van der Waals surface area contributed by atoms with Gasteiger partial charge in [0.25, 0.3) is 0 Å². The second-order valence-electron chi connectivity index (χ2n) is 7.36. The molecule has 2 unspecified atom stereocenters. The number of rotatable bonds is 14. The van der Waals surface area contributed by atoms with Gasteiger partial charge in [-0.3, -0.25) is 0 Å². The zero-order chi connectivity index (χ0) is 23.2. The molecule has 0 heterocycles. The van der Waals surface area contributed by atoms with Crippen LogP contribution in [0.5, 0.6) is 0 Å². The highest BCUT2D eigenvalue weighted by Gasteiger charge is 2.28. The summed E-state index contributed by atoms with van der Waals surface area (Å²) in [6.07, 6.45) is 2.51. The third-order valence-electron chi connectivity index (χ3n) is 4.49. The van der Waals surface area contributed by atoms with Crippen molar-refractivity contribution in [1.29, 1.82) is 10.5 Å². The minimum absolute atomic E-state index is 0.147. The zero-order valence-electron chi connectivity index (χ0n) is 18.5. The van der Waals surface area contributed by atoms with Crippen molar-refractivity contribution in [2.24, 2.45) is 10.2 Å². The van der Waals surface area contributed by atoms with Crippen molar-refractivity contribution >= 4 is 11.9 Å². The fraction of sp³-hybridized carbons (Fsp3) is 0.636. The monoisotopic (exact) mass is 416 g/mol. The number of nitriles is 2. The molecular weight excluding hydrogens is 384 g/mol. The lowest BCUT2D eigenvalue weighted by Gasteiger charge is -2.19. The molecule has 0 rings (SSSR count). The van der Waals surface area contributed by atoms with E-state index in [1.807, 2.05) is 13.8 Å². The summed E-state index contributed by atoms with van der Waals surface area (Å²) in [6.45, 7) is 14.4. The first-order valence-corrected chi connectivity index (χ1v) is 10.0. The van der Waals surface area contributed by atoms with E-state index in [9.17, 15) is 20.1 Å². The van der Waals surface area contributed by atoms with E-state index < -0.39 is 23.0 Å². The van der Waals surface area contributed by atoms with E-state index in [0.717, 1.165) is 0 Å². The number of esters is 2. The Balaban J connectivity index is 4.67. The van der Waals surface area contributed by atoms with Crippen molar-refractivity contribution < 1.29 is 19.1 Å². The van der Waals surface area contributed by atoms with Gasteiger partial charge in [-0.2, -0.15) is 20.8 Å². The quantitative estimate of drug-likeness (QED) is 0.177. The summed E-state index contributed by atoms with van der Waals surface area (Å²) < 4.78 is 10.2. The van der Waals surface area contributed by atoms with Crippen LogP contribution in [0.15, 0.2) is 34.5 Å². The van der Waals surface area contributed by atoms with Gasteiger partial charge in [0.1, 0.15) is 0 Å². The van der Waals surface area contributed by atoms with Crippen LogP contribution in [0.25, 0.3) is 0 Å². The predicted molar refractivity (Wildman–Crippen MR) is 112 cm³/mol. The SMILES string of the molecule is C=C(CC)C(=O)OCCCC(C)(C#N)N=NC(C)(C#N)CCCOC(=O)C(=C)CC. The summed E-state index contributed by atoms with van der Waals surface area (Å²) >= 11 is 0. The first-order chi connectivity index (χ1) is 14.1. The van der Waals surface area contributed by atoms with E-state index in [2.05, 4.69) is 35.5 Å². The molecule has 0 aromatic rings. The molecule has 0 aromatic heterocycles. The maximum absolute atomic E-state index is 11.6. The lowest BCUT2D eigenvalue weighted by atomic mass is 9.98. The Morgan fingerprint density at radius 2 is 1.17 bits per heavy atom. The fourth-order valence-corrected chi connectivity index (χ4v) is 2.13. The summed E-state index contributed by atoms with van der Waals surface area (Å²) in [7, 11) is 0. The Bertz CT molecular complexity index is 685. The van der Waals surface area contributed by atoms with Crippen LogP contribution in [0.2, 0.25) is 0 Å². The summed E-state index contributed by atoms with van der Waals surface area (Å²) in [6, 6.07) is 4.18. The molecule has 0 amide bonds. The van der Waals surface area contributed by atoms with Crippen molar-refractivity contribution in [2.75, 3.05) is 13.2 Å². The summed E-state index contributed by atoms with van der Waals surface area (Å²) in [5.41, 5.74) is -1.49. The second-order valence-corrected chi connectivity index (χ2v) is 7.36. The van der Waals surface area contributed by atoms with E-state index in [1.165, 1.54) is 0 Å². The van der Waals surface area contributed by atoms with Gasteiger partial charge in [-0.05, 0) is 52.4 Å². The van der Waals surface area contributed by atoms with Gasteiger partial charge in [0.05, 0.1) is 25.4 Å². The van der Waals surface area contributed by atoms with Crippen molar-refractivity contribution in [3.63, 3.8) is 0 Å². The van der Waals surface area contributed by atoms with Crippen molar-refractivity contribution in [3.8, 4) is 12.1 Å². The number of hydrogen-bond acceptors (Lipinski definition) is 8. The maximum Gasteiger partial charge on any atom is 0.333 e. The molecule has 8 heteroatoms. The first-order valence-electron chi connectivity index (χ1n) is 10.0. The molecule has 0 radical (unpaired) electrons. The van der Waals surface area contributed by atoms with Gasteiger partial charge in [-0.1, -0.05) is 27.0 Å². The molecule has 0 spiro atoms. The molecular formula is C22H32N4O4. The van der Waals surface area contributed by atoms with Crippen molar-refractivity contribution in [1.82, 2.24) is 0 Å². The van der Waals surface area contributed by atoms with Gasteiger partial charge in [-0.15, -0.1) is 0 Å². The van der Waals surface area contributed by atoms with Crippen molar-refractivity contribution in [2.45, 2.75) is 77.3 Å². The third-order valence-corrected chi connectivity index (χ3v) is 4.49. The van der Waals surface area contributed by atoms with Gasteiger partial charge in [-0.25, -0.2) is 9.59 Å². The van der Waals surface area contributed by atoms with Crippen molar-refractivity contribution in [3.05, 3.63) is 24.3 Å². The van der Waals surface area contributed by atoms with Crippen LogP contribution in [-0.4, -0.2) is 36.2 Å². The molecule has 8 nitrogen and oxygen atoms in total. The molecule has 0 bridgehead atoms. The number of carbonyl (C=O) groups is 2. The Kier molecular flexibility index (Phi) is 11.9. The average molecular weight is 417 g/mol. The molecule has 2 atom stereocenters. The summed E-state index contributed by atoms with van der Waals surface area (Å²) in [4.78, 5) is 23.2. The average Bonchev–Trinajstić information content (AvgIpc) is 2.76. The standard InChI is InChI=1S/C22H32N4O4/c1-7-17(3)19(27)29-13-9-11-21(5,15-23)25-26-22(6,16-24)12-10-14-30-20(28)18(4)8-2/h3-4,7-14H2,1-2,5-6H3. The minimum atomic E-state index is -1.14. The molecule has 0 aliphatic rings. The number of hydrogen-bond donors (Lipinski definition) is 0. The highest BCUT2D eigenvalue weighted by Crippen LogP contribution is 2.23. The van der Waals surface area contributed by atoms with Crippen LogP contribution in [-0.2, 0) is 19.1 Å². The molecule has 30 heavy (non-hydrogen) atoms. The highest BCUT2D eigenvalue weighted by atomic mass is 16.5. The Morgan fingerprint density at radius 1 is 0.833 bits per heavy atom. The number of nitrogens with zero attached hydrogens (tertiary/aromatic N) is 4. The molecule has 0 saturated carbocycles. The van der Waals surface area contributed by atoms with Crippen LogP contribution < -0.4 is 0 Å². The van der Waals surface area contributed by atoms with Gasteiger partial charge in [0, 0.05) is 11.1 Å². The molecule has 0 saturated heterocycles. The smallest absolute Gasteiger partial charge is 0.333 e. The Hall–Kier alpha value is -3.00. The highest BCUT2D eigenvalue weighted by molar-refractivity contribution is 5.87. The zero-order valence-corrected chi connectivity index (χ0v) is 18.5. The van der Waals surface area contributed by atoms with Crippen LogP contribution in [0.3, 0.4) is 0 Å². The minimum Gasteiger partial charge on any atom is -0.462 e. The van der Waals surface area contributed by atoms with Crippen LogP contribution >= 0.6 is 0 Å². The van der Waals surface area contributed by atoms with E-state index in [0.29, 0.717) is 49.7 Å². The Labute approximate surface area is 179 Å². The first kappa shape index (κ1) is 27.0. The number of carbonyl (C=O) groups excluding carboxylic acids is 2. The van der Waals surface area contributed by atoms with Gasteiger partial charge in [0.15, 0.2) is 11.1 Å². The summed E-state index contributed by atoms with van der Waals surface area (Å²) in [5.74, 6) is -0.892. The second kappa shape index (κ2) is 13.3. The Morgan fingerprint density at radius 3 is 1.43 bits per heavy atom. The molecule has 0 fully saturated rings.